The van der Waals surface area contributed by atoms with Crippen molar-refractivity contribution in [1.82, 2.24) is 15.5 Å². The topological polar surface area (TPSA) is 162 Å². The summed E-state index contributed by atoms with van der Waals surface area (Å²) in [6.45, 7) is 3.44. The van der Waals surface area contributed by atoms with E-state index in [2.05, 4.69) is 16.0 Å². The predicted molar refractivity (Wildman–Crippen MR) is 122 cm³/mol. The average Bonchev–Trinajstić information content (AvgIpc) is 3.28. The monoisotopic (exact) mass is 494 g/mol. The molecule has 0 aromatic heterocycles. The van der Waals surface area contributed by atoms with Gasteiger partial charge in [0.2, 0.25) is 17.7 Å². The second-order valence-electron chi connectivity index (χ2n) is 7.83. The lowest BCUT2D eigenvalue weighted by Crippen LogP contribution is -2.54. The van der Waals surface area contributed by atoms with Gasteiger partial charge >= 0.3 is 5.97 Å². The number of rotatable bonds is 10. The maximum absolute atomic E-state index is 12.9. The SMILES string of the molecule is CCC(=O)Nc1ccc(C(=O)NC(C)C(=O)N2CCCC2C(=O)NC(C=O)CC(=O)O)cc1Cl. The molecule has 1 aliphatic heterocycles. The van der Waals surface area contributed by atoms with Gasteiger partial charge in [0.05, 0.1) is 23.2 Å². The first kappa shape index (κ1) is 26.8. The number of aldehydes is 1. The van der Waals surface area contributed by atoms with Crippen molar-refractivity contribution in [2.45, 2.75) is 57.7 Å². The van der Waals surface area contributed by atoms with E-state index in [4.69, 9.17) is 16.7 Å². The Morgan fingerprint density at radius 2 is 1.94 bits per heavy atom. The number of carbonyl (C=O) groups excluding carboxylic acids is 5. The molecule has 1 aliphatic rings. The first-order chi connectivity index (χ1) is 16.1. The number of nitrogens with zero attached hydrogens (tertiary/aromatic N) is 1. The Labute approximate surface area is 201 Å². The number of benzene rings is 1. The minimum absolute atomic E-state index is 0.163. The molecular weight excluding hydrogens is 468 g/mol. The van der Waals surface area contributed by atoms with E-state index in [0.29, 0.717) is 24.8 Å². The number of carbonyl (C=O) groups is 6. The second kappa shape index (κ2) is 12.1. The van der Waals surface area contributed by atoms with E-state index in [-0.39, 0.29) is 29.5 Å². The van der Waals surface area contributed by atoms with Crippen LogP contribution in [-0.2, 0) is 24.0 Å². The molecule has 3 unspecified atom stereocenters. The van der Waals surface area contributed by atoms with Crippen LogP contribution in [0.1, 0.15) is 49.9 Å². The molecule has 1 heterocycles. The van der Waals surface area contributed by atoms with E-state index in [9.17, 15) is 28.8 Å². The highest BCUT2D eigenvalue weighted by Crippen LogP contribution is 2.24. The van der Waals surface area contributed by atoms with E-state index in [1.165, 1.54) is 30.0 Å². The zero-order valence-electron chi connectivity index (χ0n) is 18.8. The number of carboxylic acid groups (broad SMARTS) is 1. The largest absolute Gasteiger partial charge is 0.481 e. The van der Waals surface area contributed by atoms with E-state index >= 15 is 0 Å². The van der Waals surface area contributed by atoms with Crippen molar-refractivity contribution < 1.29 is 33.9 Å². The van der Waals surface area contributed by atoms with Crippen molar-refractivity contribution in [2.24, 2.45) is 0 Å². The highest BCUT2D eigenvalue weighted by Gasteiger charge is 2.37. The minimum Gasteiger partial charge on any atom is -0.481 e. The van der Waals surface area contributed by atoms with E-state index in [0.717, 1.165) is 0 Å². The molecule has 1 fully saturated rings. The van der Waals surface area contributed by atoms with Gasteiger partial charge in [0.1, 0.15) is 18.4 Å². The summed E-state index contributed by atoms with van der Waals surface area (Å²) in [5, 5.41) is 16.5. The van der Waals surface area contributed by atoms with Gasteiger partial charge in [-0.2, -0.15) is 0 Å². The first-order valence-corrected chi connectivity index (χ1v) is 11.1. The van der Waals surface area contributed by atoms with Gasteiger partial charge in [-0.15, -0.1) is 0 Å². The standard InChI is InChI=1S/C22H27ClN4O7/c1-3-18(29)26-16-7-6-13(9-15(16)23)20(32)24-12(2)22(34)27-8-4-5-17(27)21(33)25-14(11-28)10-19(30)31/h6-7,9,11-12,14,17H,3-5,8,10H2,1-2H3,(H,24,32)(H,25,33)(H,26,29)(H,30,31). The number of halogens is 1. The summed E-state index contributed by atoms with van der Waals surface area (Å²) in [5.74, 6) is -3.17. The van der Waals surface area contributed by atoms with Crippen LogP contribution in [0.3, 0.4) is 0 Å². The number of hydrogen-bond acceptors (Lipinski definition) is 6. The number of likely N-dealkylation sites (tertiary alicyclic amines) is 1. The third-order valence-corrected chi connectivity index (χ3v) is 5.58. The zero-order chi connectivity index (χ0) is 25.4. The van der Waals surface area contributed by atoms with Crippen molar-refractivity contribution in [3.63, 3.8) is 0 Å². The molecule has 1 aromatic rings. The lowest BCUT2D eigenvalue weighted by Gasteiger charge is -2.27. The Balaban J connectivity index is 2.02. The quantitative estimate of drug-likeness (QED) is 0.352. The summed E-state index contributed by atoms with van der Waals surface area (Å²) in [5.41, 5.74) is 0.536. The van der Waals surface area contributed by atoms with Crippen molar-refractivity contribution in [3.05, 3.63) is 28.8 Å². The van der Waals surface area contributed by atoms with Gasteiger partial charge in [0, 0.05) is 18.5 Å². The molecule has 4 N–H and O–H groups in total. The molecule has 0 bridgehead atoms. The van der Waals surface area contributed by atoms with Crippen LogP contribution in [0.5, 0.6) is 0 Å². The summed E-state index contributed by atoms with van der Waals surface area (Å²) >= 11 is 6.14. The fraction of sp³-hybridized carbons (Fsp3) is 0.455. The van der Waals surface area contributed by atoms with Crippen molar-refractivity contribution in [1.29, 1.82) is 0 Å². The molecule has 1 aromatic carbocycles. The van der Waals surface area contributed by atoms with Gasteiger partial charge in [0.25, 0.3) is 5.91 Å². The molecule has 2 rings (SSSR count). The van der Waals surface area contributed by atoms with Crippen LogP contribution in [0.25, 0.3) is 0 Å². The first-order valence-electron chi connectivity index (χ1n) is 10.8. The molecular formula is C22H27ClN4O7. The van der Waals surface area contributed by atoms with Gasteiger partial charge in [-0.1, -0.05) is 18.5 Å². The number of carboxylic acids is 1. The second-order valence-corrected chi connectivity index (χ2v) is 8.24. The fourth-order valence-corrected chi connectivity index (χ4v) is 3.72. The van der Waals surface area contributed by atoms with Crippen LogP contribution in [0.15, 0.2) is 18.2 Å². The number of anilines is 1. The molecule has 1 saturated heterocycles. The Bertz CT molecular complexity index is 984. The molecule has 0 aliphatic carbocycles. The lowest BCUT2D eigenvalue weighted by atomic mass is 10.1. The molecule has 0 radical (unpaired) electrons. The molecule has 11 nitrogen and oxygen atoms in total. The molecule has 4 amide bonds. The van der Waals surface area contributed by atoms with Gasteiger partial charge in [0.15, 0.2) is 0 Å². The third-order valence-electron chi connectivity index (χ3n) is 5.27. The lowest BCUT2D eigenvalue weighted by molar-refractivity contribution is -0.141. The highest BCUT2D eigenvalue weighted by molar-refractivity contribution is 6.34. The number of amides is 4. The van der Waals surface area contributed by atoms with Gasteiger partial charge in [-0.3, -0.25) is 24.0 Å². The van der Waals surface area contributed by atoms with Gasteiger partial charge in [-0.25, -0.2) is 0 Å². The Morgan fingerprint density at radius 3 is 2.53 bits per heavy atom. The summed E-state index contributed by atoms with van der Waals surface area (Å²) in [4.78, 5) is 72.8. The van der Waals surface area contributed by atoms with Crippen LogP contribution in [0, 0.1) is 0 Å². The Hall–Kier alpha value is -3.47. The molecule has 0 spiro atoms. The van der Waals surface area contributed by atoms with Crippen molar-refractivity contribution in [2.75, 3.05) is 11.9 Å². The van der Waals surface area contributed by atoms with Crippen LogP contribution in [-0.4, -0.2) is 70.6 Å². The molecule has 3 atom stereocenters. The summed E-state index contributed by atoms with van der Waals surface area (Å²) < 4.78 is 0. The highest BCUT2D eigenvalue weighted by atomic mass is 35.5. The normalized spacial score (nSPS) is 16.8. The Kier molecular flexibility index (Phi) is 9.55. The summed E-state index contributed by atoms with van der Waals surface area (Å²) in [7, 11) is 0. The third kappa shape index (κ3) is 7.01. The van der Waals surface area contributed by atoms with Crippen molar-refractivity contribution in [3.8, 4) is 0 Å². The van der Waals surface area contributed by atoms with Crippen LogP contribution >= 0.6 is 11.6 Å². The predicted octanol–water partition coefficient (Wildman–Crippen LogP) is 0.956. The number of nitrogens with one attached hydrogen (secondary N) is 3. The van der Waals surface area contributed by atoms with E-state index < -0.39 is 48.2 Å². The van der Waals surface area contributed by atoms with Crippen LogP contribution < -0.4 is 16.0 Å². The smallest absolute Gasteiger partial charge is 0.305 e. The van der Waals surface area contributed by atoms with Gasteiger partial charge in [-0.05, 0) is 38.0 Å². The van der Waals surface area contributed by atoms with E-state index in [1.807, 2.05) is 0 Å². The summed E-state index contributed by atoms with van der Waals surface area (Å²) in [6.07, 6.45) is 0.919. The Morgan fingerprint density at radius 1 is 1.24 bits per heavy atom. The fourth-order valence-electron chi connectivity index (χ4n) is 3.49. The summed E-state index contributed by atoms with van der Waals surface area (Å²) in [6, 6.07) is 1.26. The van der Waals surface area contributed by atoms with Crippen LogP contribution in [0.2, 0.25) is 5.02 Å². The maximum atomic E-state index is 12.9. The average molecular weight is 495 g/mol. The molecule has 184 valence electrons. The maximum Gasteiger partial charge on any atom is 0.305 e. The zero-order valence-corrected chi connectivity index (χ0v) is 19.6. The van der Waals surface area contributed by atoms with Gasteiger partial charge < -0.3 is 30.8 Å². The van der Waals surface area contributed by atoms with Crippen molar-refractivity contribution >= 4 is 53.2 Å². The minimum atomic E-state index is -1.24. The molecule has 0 saturated carbocycles. The molecule has 34 heavy (non-hydrogen) atoms. The molecule has 12 heteroatoms. The number of hydrogen-bond donors (Lipinski definition) is 4. The van der Waals surface area contributed by atoms with Crippen LogP contribution in [0.4, 0.5) is 5.69 Å². The number of aliphatic carboxylic acids is 1. The van der Waals surface area contributed by atoms with E-state index in [1.54, 1.807) is 6.92 Å².